The average Bonchev–Trinajstić information content (AvgIpc) is 2.87. The number of hydrogen-bond acceptors (Lipinski definition) is 4. The van der Waals surface area contributed by atoms with Gasteiger partial charge in [-0.05, 0) is 24.1 Å². The van der Waals surface area contributed by atoms with Gasteiger partial charge in [-0.2, -0.15) is 18.2 Å². The van der Waals surface area contributed by atoms with Crippen molar-refractivity contribution in [3.05, 3.63) is 47.1 Å². The van der Waals surface area contributed by atoms with Crippen LogP contribution in [0.2, 0.25) is 0 Å². The van der Waals surface area contributed by atoms with Crippen molar-refractivity contribution < 1.29 is 22.8 Å². The van der Waals surface area contributed by atoms with E-state index in [2.05, 4.69) is 10.1 Å². The van der Waals surface area contributed by atoms with Crippen LogP contribution < -0.4 is 0 Å². The highest BCUT2D eigenvalue weighted by molar-refractivity contribution is 5.26. The smallest absolute Gasteiger partial charge is 0.385 e. The zero-order valence-corrected chi connectivity index (χ0v) is 11.4. The van der Waals surface area contributed by atoms with Crippen LogP contribution in [0.1, 0.15) is 48.7 Å². The molecular weight excluding hydrogens is 285 g/mol. The third-order valence-electron chi connectivity index (χ3n) is 2.98. The second-order valence-electron chi connectivity index (χ2n) is 4.72. The average molecular weight is 300 g/mol. The summed E-state index contributed by atoms with van der Waals surface area (Å²) in [6, 6.07) is 4.77. The fourth-order valence-electron chi connectivity index (χ4n) is 1.86. The van der Waals surface area contributed by atoms with Crippen molar-refractivity contribution >= 4 is 0 Å². The molecule has 0 fully saturated rings. The number of aliphatic hydroxyl groups excluding tert-OH is 1. The van der Waals surface area contributed by atoms with Crippen molar-refractivity contribution in [1.29, 1.82) is 0 Å². The quantitative estimate of drug-likeness (QED) is 0.918. The Morgan fingerprint density at radius 1 is 1.24 bits per heavy atom. The second-order valence-corrected chi connectivity index (χ2v) is 4.72. The first kappa shape index (κ1) is 15.5. The number of nitrogens with zero attached hydrogens (tertiary/aromatic N) is 2. The number of alkyl halides is 3. The van der Waals surface area contributed by atoms with Gasteiger partial charge < -0.3 is 9.63 Å². The zero-order chi connectivity index (χ0) is 15.5. The summed E-state index contributed by atoms with van der Waals surface area (Å²) in [6.07, 6.45) is -3.59. The zero-order valence-electron chi connectivity index (χ0n) is 11.4. The molecule has 7 heteroatoms. The van der Waals surface area contributed by atoms with Crippen LogP contribution in [0.25, 0.3) is 0 Å². The topological polar surface area (TPSA) is 59.2 Å². The van der Waals surface area contributed by atoms with Gasteiger partial charge in [-0.15, -0.1) is 0 Å². The molecule has 0 aliphatic rings. The largest absolute Gasteiger partial charge is 0.416 e. The van der Waals surface area contributed by atoms with Gasteiger partial charge in [-0.1, -0.05) is 30.6 Å². The molecule has 0 amide bonds. The summed E-state index contributed by atoms with van der Waals surface area (Å²) in [6.45, 7) is 1.92. The van der Waals surface area contributed by atoms with Gasteiger partial charge in [0.1, 0.15) is 6.10 Å². The molecule has 2 aromatic rings. The van der Waals surface area contributed by atoms with Gasteiger partial charge >= 0.3 is 6.18 Å². The van der Waals surface area contributed by atoms with Crippen LogP contribution in [0, 0.1) is 0 Å². The molecule has 0 spiro atoms. The van der Waals surface area contributed by atoms with Crippen molar-refractivity contribution in [2.24, 2.45) is 0 Å². The number of aliphatic hydroxyl groups is 1. The molecule has 2 rings (SSSR count). The molecule has 0 aliphatic heterocycles. The van der Waals surface area contributed by atoms with E-state index in [0.717, 1.165) is 18.6 Å². The number of benzene rings is 1. The maximum absolute atomic E-state index is 12.4. The highest BCUT2D eigenvalue weighted by Crippen LogP contribution is 2.29. The number of hydrogen-bond donors (Lipinski definition) is 1. The highest BCUT2D eigenvalue weighted by atomic mass is 19.4. The molecule has 1 aromatic carbocycles. The summed E-state index contributed by atoms with van der Waals surface area (Å²) >= 11 is 0. The van der Waals surface area contributed by atoms with Gasteiger partial charge in [0.15, 0.2) is 5.82 Å². The standard InChI is InChI=1S/C14H15F3N2O2/c1-2-3-11(20)13-18-12(21-19-13)8-9-4-6-10(7-5-9)14(15,16)17/h4-7,11,20H,2-3,8H2,1H3. The van der Waals surface area contributed by atoms with E-state index in [1.54, 1.807) is 0 Å². The van der Waals surface area contributed by atoms with Crippen LogP contribution in [0.5, 0.6) is 0 Å². The molecule has 0 saturated heterocycles. The molecule has 0 radical (unpaired) electrons. The Bertz CT molecular complexity index is 579. The minimum Gasteiger partial charge on any atom is -0.385 e. The predicted molar refractivity (Wildman–Crippen MR) is 68.4 cm³/mol. The summed E-state index contributed by atoms with van der Waals surface area (Å²) in [4.78, 5) is 4.05. The molecule has 0 aliphatic carbocycles. The van der Waals surface area contributed by atoms with Crippen molar-refractivity contribution in [3.63, 3.8) is 0 Å². The molecule has 21 heavy (non-hydrogen) atoms. The fourth-order valence-corrected chi connectivity index (χ4v) is 1.86. The van der Waals surface area contributed by atoms with Crippen molar-refractivity contribution in [2.45, 2.75) is 38.5 Å². The van der Waals surface area contributed by atoms with E-state index in [1.165, 1.54) is 12.1 Å². The van der Waals surface area contributed by atoms with Crippen LogP contribution in [0.3, 0.4) is 0 Å². The lowest BCUT2D eigenvalue weighted by Crippen LogP contribution is -2.04. The molecule has 4 nitrogen and oxygen atoms in total. The minimum atomic E-state index is -4.35. The first-order chi connectivity index (χ1) is 9.90. The normalized spacial score (nSPS) is 13.4. The van der Waals surface area contributed by atoms with Gasteiger partial charge in [0.05, 0.1) is 12.0 Å². The van der Waals surface area contributed by atoms with Crippen molar-refractivity contribution in [3.8, 4) is 0 Å². The van der Waals surface area contributed by atoms with E-state index in [-0.39, 0.29) is 18.1 Å². The SMILES string of the molecule is CCCC(O)c1noc(Cc2ccc(C(F)(F)F)cc2)n1. The molecule has 114 valence electrons. The fraction of sp³-hybridized carbons (Fsp3) is 0.429. The number of aromatic nitrogens is 2. The lowest BCUT2D eigenvalue weighted by Gasteiger charge is -2.06. The minimum absolute atomic E-state index is 0.207. The lowest BCUT2D eigenvalue weighted by atomic mass is 10.1. The summed E-state index contributed by atoms with van der Waals surface area (Å²) in [5, 5.41) is 13.4. The Balaban J connectivity index is 2.05. The van der Waals surface area contributed by atoms with Gasteiger partial charge in [0, 0.05) is 0 Å². The van der Waals surface area contributed by atoms with E-state index in [4.69, 9.17) is 4.52 Å². The van der Waals surface area contributed by atoms with Gasteiger partial charge in [-0.25, -0.2) is 0 Å². The van der Waals surface area contributed by atoms with E-state index >= 15 is 0 Å². The molecule has 1 aromatic heterocycles. The first-order valence-electron chi connectivity index (χ1n) is 6.57. The molecule has 1 atom stereocenters. The molecule has 1 heterocycles. The third-order valence-corrected chi connectivity index (χ3v) is 2.98. The van der Waals surface area contributed by atoms with Crippen molar-refractivity contribution in [2.75, 3.05) is 0 Å². The van der Waals surface area contributed by atoms with Crippen LogP contribution >= 0.6 is 0 Å². The molecule has 0 saturated carbocycles. The van der Waals surface area contributed by atoms with Gasteiger partial charge in [0.2, 0.25) is 5.89 Å². The van der Waals surface area contributed by atoms with Crippen LogP contribution in [0.15, 0.2) is 28.8 Å². The third kappa shape index (κ3) is 4.04. The number of rotatable bonds is 5. The van der Waals surface area contributed by atoms with E-state index in [9.17, 15) is 18.3 Å². The summed E-state index contributed by atoms with van der Waals surface area (Å²) < 4.78 is 42.3. The Morgan fingerprint density at radius 2 is 1.90 bits per heavy atom. The lowest BCUT2D eigenvalue weighted by molar-refractivity contribution is -0.137. The maximum Gasteiger partial charge on any atom is 0.416 e. The molecular formula is C14H15F3N2O2. The second kappa shape index (κ2) is 6.26. The predicted octanol–water partition coefficient (Wildman–Crippen LogP) is 3.51. The molecule has 0 bridgehead atoms. The van der Waals surface area contributed by atoms with E-state index in [0.29, 0.717) is 12.0 Å². The monoisotopic (exact) mass is 300 g/mol. The van der Waals surface area contributed by atoms with Crippen molar-refractivity contribution in [1.82, 2.24) is 10.1 Å². The number of halogens is 3. The van der Waals surface area contributed by atoms with Gasteiger partial charge in [0.25, 0.3) is 0 Å². The van der Waals surface area contributed by atoms with E-state index in [1.807, 2.05) is 6.92 Å². The highest BCUT2D eigenvalue weighted by Gasteiger charge is 2.30. The summed E-state index contributed by atoms with van der Waals surface area (Å²) in [5.41, 5.74) is -0.0704. The molecule has 1 unspecified atom stereocenters. The Hall–Kier alpha value is -1.89. The first-order valence-corrected chi connectivity index (χ1v) is 6.57. The van der Waals surface area contributed by atoms with E-state index < -0.39 is 17.8 Å². The maximum atomic E-state index is 12.4. The summed E-state index contributed by atoms with van der Waals surface area (Å²) in [7, 11) is 0. The molecule has 1 N–H and O–H groups in total. The van der Waals surface area contributed by atoms with Crippen LogP contribution in [-0.2, 0) is 12.6 Å². The Kier molecular flexibility index (Phi) is 4.62. The van der Waals surface area contributed by atoms with Crippen LogP contribution in [0.4, 0.5) is 13.2 Å². The van der Waals surface area contributed by atoms with Crippen LogP contribution in [-0.4, -0.2) is 15.2 Å². The Labute approximate surface area is 119 Å². The Morgan fingerprint density at radius 3 is 2.48 bits per heavy atom. The summed E-state index contributed by atoms with van der Waals surface area (Å²) in [5.74, 6) is 0.471. The van der Waals surface area contributed by atoms with Gasteiger partial charge in [-0.3, -0.25) is 0 Å².